The van der Waals surface area contributed by atoms with Crippen LogP contribution in [-0.4, -0.2) is 28.2 Å². The van der Waals surface area contributed by atoms with Crippen LogP contribution >= 0.6 is 11.3 Å². The minimum Gasteiger partial charge on any atom is -0.449 e. The summed E-state index contributed by atoms with van der Waals surface area (Å²) in [4.78, 5) is 24.1. The minimum absolute atomic E-state index is 0.340. The molecule has 0 radical (unpaired) electrons. The van der Waals surface area contributed by atoms with Crippen LogP contribution in [0.25, 0.3) is 0 Å². The Morgan fingerprint density at radius 1 is 1.32 bits per heavy atom. The molecule has 0 aliphatic rings. The van der Waals surface area contributed by atoms with Gasteiger partial charge in [0.15, 0.2) is 6.10 Å². The summed E-state index contributed by atoms with van der Waals surface area (Å²) >= 11 is 1.25. The van der Waals surface area contributed by atoms with E-state index in [9.17, 15) is 9.59 Å². The molecule has 2 aromatic rings. The molecule has 1 amide bonds. The number of aromatic nitrogens is 2. The van der Waals surface area contributed by atoms with Gasteiger partial charge in [0, 0.05) is 5.69 Å². The lowest BCUT2D eigenvalue weighted by Gasteiger charge is -2.15. The molecule has 22 heavy (non-hydrogen) atoms. The number of nitrogens with one attached hydrogen (secondary N) is 1. The summed E-state index contributed by atoms with van der Waals surface area (Å²) in [6.07, 6.45) is -0.543. The monoisotopic (exact) mass is 320 g/mol. The number of hydrogen-bond acceptors (Lipinski definition) is 7. The molecule has 1 aromatic heterocycles. The Morgan fingerprint density at radius 2 is 2.00 bits per heavy atom. The third kappa shape index (κ3) is 4.01. The third-order valence-corrected chi connectivity index (χ3v) is 3.57. The summed E-state index contributed by atoms with van der Waals surface area (Å²) < 4.78 is 5.23. The highest BCUT2D eigenvalue weighted by Crippen LogP contribution is 2.15. The second-order valence-corrected chi connectivity index (χ2v) is 5.72. The number of anilines is 2. The molecule has 0 aliphatic heterocycles. The summed E-state index contributed by atoms with van der Waals surface area (Å²) in [6.45, 7) is 3.54. The normalized spacial score (nSPS) is 11.7. The van der Waals surface area contributed by atoms with Crippen molar-refractivity contribution in [3.05, 3.63) is 34.8 Å². The van der Waals surface area contributed by atoms with Crippen molar-refractivity contribution in [1.82, 2.24) is 10.2 Å². The molecule has 7 nitrogen and oxygen atoms in total. The first-order valence-corrected chi connectivity index (χ1v) is 7.48. The fourth-order valence-electron chi connectivity index (χ4n) is 1.67. The molecule has 0 saturated heterocycles. The number of esters is 1. The summed E-state index contributed by atoms with van der Waals surface area (Å²) in [5, 5.41) is 11.3. The fraction of sp³-hybridized carbons (Fsp3) is 0.286. The van der Waals surface area contributed by atoms with E-state index in [0.29, 0.717) is 22.8 Å². The molecular formula is C14H16N4O3S. The number of nitrogens with zero attached hydrogens (tertiary/aromatic N) is 2. The van der Waals surface area contributed by atoms with Crippen molar-refractivity contribution in [2.45, 2.75) is 26.4 Å². The number of carbonyl (C=O) groups is 2. The molecule has 1 unspecified atom stereocenters. The van der Waals surface area contributed by atoms with Crippen molar-refractivity contribution in [3.8, 4) is 0 Å². The number of nitrogens with two attached hydrogens (primary N) is 1. The van der Waals surface area contributed by atoms with Gasteiger partial charge in [-0.05, 0) is 37.6 Å². The molecule has 3 N–H and O–H groups in total. The van der Waals surface area contributed by atoms with E-state index in [0.717, 1.165) is 5.01 Å². The zero-order valence-corrected chi connectivity index (χ0v) is 13.0. The van der Waals surface area contributed by atoms with Crippen LogP contribution in [-0.2, 0) is 9.53 Å². The van der Waals surface area contributed by atoms with Crippen molar-refractivity contribution in [2.75, 3.05) is 11.1 Å². The molecule has 0 fully saturated rings. The first-order valence-electron chi connectivity index (χ1n) is 6.67. The van der Waals surface area contributed by atoms with Crippen LogP contribution in [0.15, 0.2) is 24.3 Å². The predicted molar refractivity (Wildman–Crippen MR) is 83.6 cm³/mol. The Kier molecular flexibility index (Phi) is 5.05. The quantitative estimate of drug-likeness (QED) is 0.644. The topological polar surface area (TPSA) is 107 Å². The largest absolute Gasteiger partial charge is 0.449 e. The van der Waals surface area contributed by atoms with E-state index >= 15 is 0 Å². The predicted octanol–water partition coefficient (Wildman–Crippen LogP) is 2.00. The molecule has 1 aromatic carbocycles. The first-order chi connectivity index (χ1) is 10.5. The summed E-state index contributed by atoms with van der Waals surface area (Å²) in [5.74, 6) is -1.00. The third-order valence-electron chi connectivity index (χ3n) is 2.82. The first kappa shape index (κ1) is 15.9. The number of carbonyl (C=O) groups excluding carboxylic acids is 2. The van der Waals surface area contributed by atoms with Gasteiger partial charge in [-0.15, -0.1) is 10.2 Å². The van der Waals surface area contributed by atoms with Gasteiger partial charge in [0.25, 0.3) is 5.91 Å². The van der Waals surface area contributed by atoms with Crippen LogP contribution in [0.4, 0.5) is 10.8 Å². The average Bonchev–Trinajstić information content (AvgIpc) is 2.90. The van der Waals surface area contributed by atoms with Gasteiger partial charge in [0.05, 0.1) is 5.56 Å². The molecule has 1 atom stereocenters. The number of rotatable bonds is 5. The molecule has 116 valence electrons. The van der Waals surface area contributed by atoms with E-state index < -0.39 is 18.0 Å². The molecule has 8 heteroatoms. The van der Waals surface area contributed by atoms with Crippen LogP contribution in [0.3, 0.4) is 0 Å². The van der Waals surface area contributed by atoms with Gasteiger partial charge >= 0.3 is 5.97 Å². The maximum atomic E-state index is 12.1. The van der Waals surface area contributed by atoms with Crippen molar-refractivity contribution < 1.29 is 14.3 Å². The lowest BCUT2D eigenvalue weighted by molar-refractivity contribution is -0.124. The summed E-state index contributed by atoms with van der Waals surface area (Å²) in [7, 11) is 0. The van der Waals surface area contributed by atoms with Crippen molar-refractivity contribution in [1.29, 1.82) is 0 Å². The van der Waals surface area contributed by atoms with Gasteiger partial charge in [-0.1, -0.05) is 18.3 Å². The van der Waals surface area contributed by atoms with Gasteiger partial charge in [-0.3, -0.25) is 10.1 Å². The molecule has 2 rings (SSSR count). The minimum atomic E-state index is -0.894. The van der Waals surface area contributed by atoms with Crippen LogP contribution in [0.1, 0.15) is 28.7 Å². The Hall–Kier alpha value is -2.48. The summed E-state index contributed by atoms with van der Waals surface area (Å²) in [6, 6.07) is 6.30. The Balaban J connectivity index is 2.00. The van der Waals surface area contributed by atoms with E-state index in [1.54, 1.807) is 38.1 Å². The Bertz CT molecular complexity index is 669. The van der Waals surface area contributed by atoms with Gasteiger partial charge in [0.1, 0.15) is 5.01 Å². The smallest absolute Gasteiger partial charge is 0.338 e. The number of aryl methyl sites for hydroxylation is 1. The van der Waals surface area contributed by atoms with E-state index in [1.165, 1.54) is 11.3 Å². The zero-order chi connectivity index (χ0) is 16.1. The van der Waals surface area contributed by atoms with E-state index in [1.807, 2.05) is 0 Å². The second kappa shape index (κ2) is 6.99. The molecule has 0 saturated carbocycles. The molecular weight excluding hydrogens is 304 g/mol. The molecule has 0 spiro atoms. The van der Waals surface area contributed by atoms with Gasteiger partial charge in [-0.2, -0.15) is 0 Å². The van der Waals surface area contributed by atoms with Crippen LogP contribution < -0.4 is 11.1 Å². The maximum absolute atomic E-state index is 12.1. The number of ether oxygens (including phenoxy) is 1. The maximum Gasteiger partial charge on any atom is 0.338 e. The van der Waals surface area contributed by atoms with Gasteiger partial charge in [0.2, 0.25) is 5.13 Å². The number of benzene rings is 1. The van der Waals surface area contributed by atoms with Crippen molar-refractivity contribution in [2.24, 2.45) is 0 Å². The molecule has 0 bridgehead atoms. The van der Waals surface area contributed by atoms with E-state index in [4.69, 9.17) is 10.5 Å². The number of nitrogen functional groups attached to an aromatic ring is 1. The van der Waals surface area contributed by atoms with Crippen LogP contribution in [0.5, 0.6) is 0 Å². The SMILES string of the molecule is CCC(OC(=O)c1ccc(N)cc1)C(=O)Nc1nnc(C)s1. The number of hydrogen-bond donors (Lipinski definition) is 2. The van der Waals surface area contributed by atoms with Gasteiger partial charge < -0.3 is 10.5 Å². The Morgan fingerprint density at radius 3 is 2.55 bits per heavy atom. The lowest BCUT2D eigenvalue weighted by Crippen LogP contribution is -2.32. The van der Waals surface area contributed by atoms with E-state index in [2.05, 4.69) is 15.5 Å². The fourth-order valence-corrected chi connectivity index (χ4v) is 2.27. The van der Waals surface area contributed by atoms with Crippen LogP contribution in [0, 0.1) is 6.92 Å². The Labute approximate surface area is 131 Å². The summed E-state index contributed by atoms with van der Waals surface area (Å²) in [5.41, 5.74) is 6.45. The lowest BCUT2D eigenvalue weighted by atomic mass is 10.2. The number of amides is 1. The van der Waals surface area contributed by atoms with Crippen LogP contribution in [0.2, 0.25) is 0 Å². The average molecular weight is 320 g/mol. The van der Waals surface area contributed by atoms with E-state index in [-0.39, 0.29) is 0 Å². The second-order valence-electron chi connectivity index (χ2n) is 4.54. The molecule has 1 heterocycles. The highest BCUT2D eigenvalue weighted by Gasteiger charge is 2.23. The standard InChI is InChI=1S/C14H16N4O3S/c1-3-11(12(19)16-14-18-17-8(2)22-14)21-13(20)9-4-6-10(15)7-5-9/h4-7,11H,3,15H2,1-2H3,(H,16,18,19). The highest BCUT2D eigenvalue weighted by molar-refractivity contribution is 7.15. The van der Waals surface area contributed by atoms with Gasteiger partial charge in [-0.25, -0.2) is 4.79 Å². The molecule has 0 aliphatic carbocycles. The zero-order valence-electron chi connectivity index (χ0n) is 12.2. The van der Waals surface area contributed by atoms with Crippen molar-refractivity contribution in [3.63, 3.8) is 0 Å². The van der Waals surface area contributed by atoms with Crippen molar-refractivity contribution >= 4 is 34.0 Å². The highest BCUT2D eigenvalue weighted by atomic mass is 32.1.